The summed E-state index contributed by atoms with van der Waals surface area (Å²) in [5, 5.41) is 24.1. The van der Waals surface area contributed by atoms with Gasteiger partial charge in [-0.2, -0.15) is 11.8 Å². The second kappa shape index (κ2) is 45.5. The zero-order valence-electron chi connectivity index (χ0n) is 68.4. The number of allylic oxidation sites excluding steroid dienone is 4. The highest BCUT2D eigenvalue weighted by Crippen LogP contribution is 2.35. The van der Waals surface area contributed by atoms with E-state index in [0.29, 0.717) is 30.2 Å². The van der Waals surface area contributed by atoms with Gasteiger partial charge in [-0.05, 0) is 185 Å². The van der Waals surface area contributed by atoms with E-state index in [0.717, 1.165) is 121 Å². The molecule has 5 fully saturated rings. The number of amides is 7. The van der Waals surface area contributed by atoms with E-state index in [9.17, 15) is 47.9 Å². The monoisotopic (exact) mass is 1620 g/mol. The number of Topliss-reactive ketones (excluding diaryl/α,β-unsaturated/α-hetero) is 1. The Morgan fingerprint density at radius 1 is 0.491 bits per heavy atom. The fraction of sp³-hybridized carbons (Fsp3) is 0.539. The molecule has 4 aromatic rings. The molecular formula is C89H119N9O17S. The van der Waals surface area contributed by atoms with Crippen molar-refractivity contribution >= 4 is 77.0 Å². The summed E-state index contributed by atoms with van der Waals surface area (Å²) in [6.45, 7) is 12.6. The van der Waals surface area contributed by atoms with Crippen molar-refractivity contribution in [2.45, 2.75) is 257 Å². The molecule has 0 radical (unpaired) electrons. The van der Waals surface area contributed by atoms with E-state index in [1.54, 1.807) is 60.2 Å². The van der Waals surface area contributed by atoms with Crippen LogP contribution in [0.4, 0.5) is 4.79 Å². The number of carbonyl (C=O) groups is 11. The summed E-state index contributed by atoms with van der Waals surface area (Å²) in [6, 6.07) is 30.8. The maximum absolute atomic E-state index is 15.1. The van der Waals surface area contributed by atoms with Crippen LogP contribution in [-0.4, -0.2) is 168 Å². The van der Waals surface area contributed by atoms with Gasteiger partial charge >= 0.3 is 24.0 Å². The molecule has 8 N–H and O–H groups in total. The minimum absolute atomic E-state index is 0.0284. The minimum atomic E-state index is -1.26. The van der Waals surface area contributed by atoms with Crippen LogP contribution in [0, 0.1) is 5.92 Å². The van der Waals surface area contributed by atoms with Gasteiger partial charge in [0.25, 0.3) is 0 Å². The first-order valence-corrected chi connectivity index (χ1v) is 42.3. The van der Waals surface area contributed by atoms with Crippen LogP contribution in [0.5, 0.6) is 0 Å². The number of ketones is 1. The van der Waals surface area contributed by atoms with Crippen molar-refractivity contribution in [3.05, 3.63) is 177 Å². The molecule has 7 atom stereocenters. The van der Waals surface area contributed by atoms with Crippen molar-refractivity contribution in [3.63, 3.8) is 0 Å². The van der Waals surface area contributed by atoms with E-state index in [-0.39, 0.29) is 109 Å². The average molecular weight is 1620 g/mol. The SMILES string of the molecule is CC1CC(NC(=O)C(Cc2ccccc2)NC(CNC(=O)OC(C)(C)C)=C2CCC2)C(=O)N1CC(=O)NC(CCC(=O)NCCOCCSCC(NC(CCC(=O)NC(CCC(=O)C1CC1)C(=O)OCc1ccccc1)C(=O)NC(CCC(OCc1ccccc1)=C1CCC1)C(=O)OCc1ccccc1)=C1CCC1)C(=O)OC(C)(C)C. The molecule has 0 aromatic heterocycles. The first kappa shape index (κ1) is 89.9. The van der Waals surface area contributed by atoms with E-state index in [4.69, 9.17) is 28.4 Å². The summed E-state index contributed by atoms with van der Waals surface area (Å²) < 4.78 is 35.2. The molecule has 1 aliphatic heterocycles. The maximum Gasteiger partial charge on any atom is 0.407 e. The fourth-order valence-corrected chi connectivity index (χ4v) is 14.5. The average Bonchev–Trinajstić information content (AvgIpc) is 1.66. The van der Waals surface area contributed by atoms with Crippen molar-refractivity contribution in [1.82, 2.24) is 47.4 Å². The number of hydrogen-bond acceptors (Lipinski definition) is 20. The third kappa shape index (κ3) is 31.2. The Hall–Kier alpha value is -10.0. The highest BCUT2D eigenvalue weighted by atomic mass is 32.2. The van der Waals surface area contributed by atoms with Crippen molar-refractivity contribution < 1.29 is 81.2 Å². The third-order valence-electron chi connectivity index (χ3n) is 20.7. The number of alkyl carbamates (subject to hydrolysis) is 1. The summed E-state index contributed by atoms with van der Waals surface area (Å²) in [7, 11) is 0. The molecular weight excluding hydrogens is 1500 g/mol. The highest BCUT2D eigenvalue weighted by Gasteiger charge is 2.41. The number of ether oxygens (including phenoxy) is 6. The Kier molecular flexibility index (Phi) is 35.2. The lowest BCUT2D eigenvalue weighted by Crippen LogP contribution is -2.53. The van der Waals surface area contributed by atoms with Gasteiger partial charge in [0.15, 0.2) is 0 Å². The molecule has 628 valence electrons. The molecule has 7 unspecified atom stereocenters. The molecule has 26 nitrogen and oxygen atoms in total. The zero-order valence-corrected chi connectivity index (χ0v) is 69.2. The van der Waals surface area contributed by atoms with Gasteiger partial charge < -0.3 is 75.9 Å². The Morgan fingerprint density at radius 3 is 1.53 bits per heavy atom. The molecule has 1 saturated heterocycles. The number of esters is 3. The van der Waals surface area contributed by atoms with Gasteiger partial charge in [-0.1, -0.05) is 127 Å². The molecule has 5 aliphatic rings. The summed E-state index contributed by atoms with van der Waals surface area (Å²) in [4.78, 5) is 154. The molecule has 7 amide bonds. The van der Waals surface area contributed by atoms with E-state index in [1.807, 2.05) is 121 Å². The van der Waals surface area contributed by atoms with Crippen molar-refractivity contribution in [3.8, 4) is 0 Å². The van der Waals surface area contributed by atoms with Gasteiger partial charge in [-0.15, -0.1) is 0 Å². The van der Waals surface area contributed by atoms with Crippen LogP contribution in [0.2, 0.25) is 0 Å². The third-order valence-corrected chi connectivity index (χ3v) is 21.6. The predicted molar refractivity (Wildman–Crippen MR) is 440 cm³/mol. The number of likely N-dealkylation sites (tertiary alicyclic amines) is 1. The molecule has 116 heavy (non-hydrogen) atoms. The second-order valence-corrected chi connectivity index (χ2v) is 33.6. The topological polar surface area (TPSA) is 343 Å². The van der Waals surface area contributed by atoms with Crippen LogP contribution >= 0.6 is 11.8 Å². The van der Waals surface area contributed by atoms with E-state index in [2.05, 4.69) is 42.5 Å². The number of rotatable bonds is 47. The molecule has 0 spiro atoms. The number of nitrogens with one attached hydrogen (secondary N) is 8. The van der Waals surface area contributed by atoms with Gasteiger partial charge in [-0.3, -0.25) is 33.6 Å². The normalized spacial score (nSPS) is 17.0. The summed E-state index contributed by atoms with van der Waals surface area (Å²) in [5.41, 5.74) is 6.57. The lowest BCUT2D eigenvalue weighted by atomic mass is 9.89. The number of carbonyl (C=O) groups excluding carboxylic acids is 11. The van der Waals surface area contributed by atoms with Crippen LogP contribution in [0.25, 0.3) is 0 Å². The van der Waals surface area contributed by atoms with Crippen LogP contribution in [-0.2, 0) is 103 Å². The Balaban J connectivity index is 0.782. The number of thioether (sulfide) groups is 1. The number of hydrogen-bond donors (Lipinski definition) is 8. The van der Waals surface area contributed by atoms with Crippen LogP contribution in [0.3, 0.4) is 0 Å². The lowest BCUT2D eigenvalue weighted by Gasteiger charge is -2.29. The van der Waals surface area contributed by atoms with Gasteiger partial charge in [0.05, 0.1) is 32.1 Å². The lowest BCUT2D eigenvalue weighted by molar-refractivity contribution is -0.159. The number of nitrogens with zero attached hydrogens (tertiary/aromatic N) is 1. The second-order valence-electron chi connectivity index (χ2n) is 32.5. The molecule has 9 rings (SSSR count). The number of benzene rings is 4. The Labute approximate surface area is 686 Å². The largest absolute Gasteiger partial charge is 0.493 e. The van der Waals surface area contributed by atoms with Crippen LogP contribution in [0.15, 0.2) is 155 Å². The quantitative estimate of drug-likeness (QED) is 0.00881. The van der Waals surface area contributed by atoms with Gasteiger partial charge in [0, 0.05) is 73.5 Å². The molecule has 0 bridgehead atoms. The van der Waals surface area contributed by atoms with Crippen LogP contribution in [0.1, 0.15) is 199 Å². The first-order chi connectivity index (χ1) is 55.7. The van der Waals surface area contributed by atoms with Crippen molar-refractivity contribution in [1.29, 1.82) is 0 Å². The molecule has 4 aliphatic carbocycles. The van der Waals surface area contributed by atoms with E-state index in [1.165, 1.54) is 4.90 Å². The van der Waals surface area contributed by atoms with Crippen molar-refractivity contribution in [2.75, 3.05) is 44.4 Å². The zero-order chi connectivity index (χ0) is 83.0. The van der Waals surface area contributed by atoms with E-state index >= 15 is 4.79 Å². The maximum atomic E-state index is 15.1. The smallest absolute Gasteiger partial charge is 0.407 e. The molecule has 1 heterocycles. The highest BCUT2D eigenvalue weighted by molar-refractivity contribution is 7.99. The van der Waals surface area contributed by atoms with Crippen LogP contribution < -0.4 is 42.5 Å². The first-order valence-electron chi connectivity index (χ1n) is 41.1. The van der Waals surface area contributed by atoms with Gasteiger partial charge in [0.1, 0.15) is 73.1 Å². The van der Waals surface area contributed by atoms with Gasteiger partial charge in [-0.25, -0.2) is 19.2 Å². The summed E-state index contributed by atoms with van der Waals surface area (Å²) in [5.74, 6) is -3.47. The van der Waals surface area contributed by atoms with Crippen molar-refractivity contribution in [2.24, 2.45) is 5.92 Å². The summed E-state index contributed by atoms with van der Waals surface area (Å²) >= 11 is 1.55. The standard InChI is InChI=1S/C89H119N9O17S/c1-59-51-73(97-82(104)72(52-60-23-12-8-13-24-60)93-74(64-31-20-32-64)53-91-87(109)115-89(5,6)7)83(105)98(59)54-80(102)95-71(86(108)114-88(2,3)4)42-45-78(100)90-47-48-110-49-50-116-58-75(65-33-21-34-65)92-68(41-46-79(101)94-69(39-43-76(99)66-37-38-66)84(106)112-56-62-27-16-10-17-28-62)81(103)96-70(85(107)113-57-63-29-18-11-19-30-63)40-44-77(67-35-22-36-67)111-55-61-25-14-9-15-26-61/h8-19,23-30,59,66,68-73,92-93H,20-22,31-58H2,1-7H3,(H,90,100)(H,91,109)(H,94,101)(H,95,102)(H,96,103)(H,97,104). The molecule has 4 saturated carbocycles. The van der Waals surface area contributed by atoms with Gasteiger partial charge in [0.2, 0.25) is 35.4 Å². The Morgan fingerprint density at radius 2 is 0.983 bits per heavy atom. The summed E-state index contributed by atoms with van der Waals surface area (Å²) in [6.07, 6.45) is 9.30. The fourth-order valence-electron chi connectivity index (χ4n) is 13.6. The molecule has 4 aromatic carbocycles. The predicted octanol–water partition coefficient (Wildman–Crippen LogP) is 10.6. The minimum Gasteiger partial charge on any atom is -0.493 e. The van der Waals surface area contributed by atoms with E-state index < -0.39 is 119 Å². The Bertz CT molecular complexity index is 4050. The molecule has 27 heteroatoms.